The quantitative estimate of drug-likeness (QED) is 0.603. The van der Waals surface area contributed by atoms with Crippen LogP contribution in [0.4, 0.5) is 21.5 Å². The van der Waals surface area contributed by atoms with E-state index in [2.05, 4.69) is 15.7 Å². The summed E-state index contributed by atoms with van der Waals surface area (Å²) >= 11 is 1.19. The molecule has 2 aliphatic heterocycles. The van der Waals surface area contributed by atoms with Crippen LogP contribution in [0, 0.1) is 15.9 Å². The third-order valence-electron chi connectivity index (χ3n) is 4.22. The summed E-state index contributed by atoms with van der Waals surface area (Å²) in [5.74, 6) is -1.26. The van der Waals surface area contributed by atoms with Gasteiger partial charge in [0.2, 0.25) is 5.91 Å². The van der Waals surface area contributed by atoms with E-state index < -0.39 is 16.6 Å². The molecule has 2 aromatic carbocycles. The summed E-state index contributed by atoms with van der Waals surface area (Å²) in [5, 5.41) is 15.6. The number of hydrogen-bond donors (Lipinski definition) is 2. The largest absolute Gasteiger partial charge is 0.323 e. The molecule has 0 aliphatic carbocycles. The molecule has 0 saturated carbocycles. The predicted molar refractivity (Wildman–Crippen MR) is 105 cm³/mol. The number of anilines is 1. The SMILES string of the molecule is O=C(CSC1=Nc2ccccc2[C@@H]2C=CNN12)Nc1cc([N+](=O)[O-])ccc1F. The standard InChI is InChI=1S/C18H14FN5O3S/c19-13-6-5-11(24(26)27)9-15(13)21-17(25)10-28-18-22-14-4-2-1-3-12(14)16-7-8-20-23(16)18/h1-9,16,20H,10H2,(H,21,25)/t16-/m0/s1. The number of non-ortho nitro benzene ring substituents is 1. The Morgan fingerprint density at radius 1 is 1.36 bits per heavy atom. The van der Waals surface area contributed by atoms with E-state index >= 15 is 0 Å². The van der Waals surface area contributed by atoms with Crippen LogP contribution < -0.4 is 10.7 Å². The Bertz CT molecular complexity index is 1030. The van der Waals surface area contributed by atoms with Crippen LogP contribution in [0.5, 0.6) is 0 Å². The number of carbonyl (C=O) groups excluding carboxylic acids is 1. The molecule has 142 valence electrons. The number of thioether (sulfide) groups is 1. The van der Waals surface area contributed by atoms with Crippen LogP contribution in [-0.4, -0.2) is 26.8 Å². The number of benzene rings is 2. The zero-order valence-corrected chi connectivity index (χ0v) is 15.1. The average molecular weight is 399 g/mol. The normalized spacial score (nSPS) is 16.7. The van der Waals surface area contributed by atoms with Crippen LogP contribution in [-0.2, 0) is 4.79 Å². The van der Waals surface area contributed by atoms with Crippen LogP contribution in [0.2, 0.25) is 0 Å². The van der Waals surface area contributed by atoms with Gasteiger partial charge in [0.1, 0.15) is 5.82 Å². The number of carbonyl (C=O) groups is 1. The average Bonchev–Trinajstić information content (AvgIpc) is 3.18. The molecule has 10 heteroatoms. The first-order chi connectivity index (χ1) is 13.5. The minimum Gasteiger partial charge on any atom is -0.323 e. The van der Waals surface area contributed by atoms with Gasteiger partial charge in [-0.1, -0.05) is 30.0 Å². The number of halogens is 1. The summed E-state index contributed by atoms with van der Waals surface area (Å²) in [6.45, 7) is 0. The number of hydrazine groups is 1. The van der Waals surface area contributed by atoms with Gasteiger partial charge in [-0.05, 0) is 18.2 Å². The molecule has 2 aliphatic rings. The van der Waals surface area contributed by atoms with Gasteiger partial charge in [0.15, 0.2) is 5.17 Å². The molecule has 0 bridgehead atoms. The van der Waals surface area contributed by atoms with Gasteiger partial charge in [0, 0.05) is 23.9 Å². The zero-order chi connectivity index (χ0) is 19.7. The summed E-state index contributed by atoms with van der Waals surface area (Å²) in [6, 6.07) is 10.7. The van der Waals surface area contributed by atoms with Crippen molar-refractivity contribution >= 4 is 39.9 Å². The lowest BCUT2D eigenvalue weighted by molar-refractivity contribution is -0.384. The predicted octanol–water partition coefficient (Wildman–Crippen LogP) is 3.48. The van der Waals surface area contributed by atoms with Crippen molar-refractivity contribution < 1.29 is 14.1 Å². The Morgan fingerprint density at radius 3 is 3.00 bits per heavy atom. The molecule has 4 rings (SSSR count). The van der Waals surface area contributed by atoms with E-state index in [4.69, 9.17) is 0 Å². The summed E-state index contributed by atoms with van der Waals surface area (Å²) in [6.07, 6.45) is 3.80. The topological polar surface area (TPSA) is 99.9 Å². The van der Waals surface area contributed by atoms with E-state index in [1.54, 1.807) is 6.20 Å². The number of nitro groups is 1. The van der Waals surface area contributed by atoms with E-state index in [0.29, 0.717) is 5.17 Å². The number of aliphatic imine (C=N–C) groups is 1. The molecule has 28 heavy (non-hydrogen) atoms. The summed E-state index contributed by atoms with van der Waals surface area (Å²) < 4.78 is 13.8. The van der Waals surface area contributed by atoms with Gasteiger partial charge < -0.3 is 10.7 Å². The third-order valence-corrected chi connectivity index (χ3v) is 5.17. The fraction of sp³-hybridized carbons (Fsp3) is 0.111. The lowest BCUT2D eigenvalue weighted by Crippen LogP contribution is -2.39. The van der Waals surface area contributed by atoms with E-state index in [-0.39, 0.29) is 23.2 Å². The number of nitrogens with zero attached hydrogens (tertiary/aromatic N) is 3. The monoisotopic (exact) mass is 399 g/mol. The summed E-state index contributed by atoms with van der Waals surface area (Å²) in [7, 11) is 0. The van der Waals surface area contributed by atoms with Gasteiger partial charge in [-0.15, -0.1) is 0 Å². The third kappa shape index (κ3) is 3.41. The maximum absolute atomic E-state index is 13.8. The highest BCUT2D eigenvalue weighted by Gasteiger charge is 2.31. The molecule has 0 fully saturated rings. The van der Waals surface area contributed by atoms with Gasteiger partial charge in [-0.3, -0.25) is 19.9 Å². The molecule has 8 nitrogen and oxygen atoms in total. The van der Waals surface area contributed by atoms with Gasteiger partial charge in [0.05, 0.1) is 28.1 Å². The highest BCUT2D eigenvalue weighted by molar-refractivity contribution is 8.14. The highest BCUT2D eigenvalue weighted by atomic mass is 32.2. The summed E-state index contributed by atoms with van der Waals surface area (Å²) in [5.41, 5.74) is 4.44. The lowest BCUT2D eigenvalue weighted by Gasteiger charge is -2.31. The molecule has 0 radical (unpaired) electrons. The molecule has 0 aromatic heterocycles. The van der Waals surface area contributed by atoms with Gasteiger partial charge in [-0.25, -0.2) is 9.38 Å². The van der Waals surface area contributed by atoms with Crippen molar-refractivity contribution in [1.29, 1.82) is 0 Å². The van der Waals surface area contributed by atoms with E-state index in [9.17, 15) is 19.3 Å². The first-order valence-corrected chi connectivity index (χ1v) is 9.28. The number of nitro benzene ring substituents is 1. The minimum absolute atomic E-state index is 0.0199. The highest BCUT2D eigenvalue weighted by Crippen LogP contribution is 2.38. The second kappa shape index (κ2) is 7.31. The van der Waals surface area contributed by atoms with Crippen LogP contribution >= 0.6 is 11.8 Å². The minimum atomic E-state index is -0.738. The van der Waals surface area contributed by atoms with Crippen LogP contribution in [0.1, 0.15) is 11.6 Å². The Labute approximate surface area is 163 Å². The molecule has 2 aromatic rings. The van der Waals surface area contributed by atoms with Crippen molar-refractivity contribution in [2.75, 3.05) is 11.1 Å². The van der Waals surface area contributed by atoms with Crippen LogP contribution in [0.3, 0.4) is 0 Å². The van der Waals surface area contributed by atoms with Gasteiger partial charge in [0.25, 0.3) is 5.69 Å². The molecule has 0 saturated heterocycles. The van der Waals surface area contributed by atoms with E-state index in [1.165, 1.54) is 11.8 Å². The zero-order valence-electron chi connectivity index (χ0n) is 14.3. The molecule has 0 spiro atoms. The number of rotatable bonds is 4. The van der Waals surface area contributed by atoms with Crippen molar-refractivity contribution in [3.05, 3.63) is 76.2 Å². The first-order valence-electron chi connectivity index (χ1n) is 8.29. The van der Waals surface area contributed by atoms with E-state index in [0.717, 1.165) is 29.4 Å². The summed E-state index contributed by atoms with van der Waals surface area (Å²) in [4.78, 5) is 27.0. The molecule has 0 unspecified atom stereocenters. The Morgan fingerprint density at radius 2 is 2.18 bits per heavy atom. The van der Waals surface area contributed by atoms with Crippen LogP contribution in [0.25, 0.3) is 0 Å². The molecular weight excluding hydrogens is 385 g/mol. The number of amidine groups is 1. The number of hydrogen-bond acceptors (Lipinski definition) is 7. The fourth-order valence-electron chi connectivity index (χ4n) is 2.93. The molecule has 1 amide bonds. The van der Waals surface area contributed by atoms with Crippen molar-refractivity contribution in [3.8, 4) is 0 Å². The van der Waals surface area contributed by atoms with Crippen molar-refractivity contribution in [3.63, 3.8) is 0 Å². The Kier molecular flexibility index (Phi) is 4.70. The fourth-order valence-corrected chi connectivity index (χ4v) is 3.74. The molecular formula is C18H14FN5O3S. The smallest absolute Gasteiger partial charge is 0.271 e. The first kappa shape index (κ1) is 18.0. The number of fused-ring (bicyclic) bond motifs is 3. The maximum atomic E-state index is 13.8. The maximum Gasteiger partial charge on any atom is 0.271 e. The van der Waals surface area contributed by atoms with Crippen molar-refractivity contribution in [2.24, 2.45) is 4.99 Å². The van der Waals surface area contributed by atoms with Gasteiger partial charge >= 0.3 is 0 Å². The number of amides is 1. The Balaban J connectivity index is 1.46. The van der Waals surface area contributed by atoms with Crippen LogP contribution in [0.15, 0.2) is 59.7 Å². The Hall–Kier alpha value is -3.40. The second-order valence-corrected chi connectivity index (χ2v) is 6.96. The van der Waals surface area contributed by atoms with Gasteiger partial charge in [-0.2, -0.15) is 0 Å². The molecule has 2 heterocycles. The number of para-hydroxylation sites is 1. The molecule has 2 N–H and O–H groups in total. The van der Waals surface area contributed by atoms with Crippen molar-refractivity contribution in [2.45, 2.75) is 6.04 Å². The number of nitrogens with one attached hydrogen (secondary N) is 2. The van der Waals surface area contributed by atoms with E-state index in [1.807, 2.05) is 35.4 Å². The second-order valence-electron chi connectivity index (χ2n) is 6.01. The van der Waals surface area contributed by atoms with Crippen molar-refractivity contribution in [1.82, 2.24) is 10.4 Å². The lowest BCUT2D eigenvalue weighted by atomic mass is 10.0. The molecule has 1 atom stereocenters.